The number of hydrogen-bond donors (Lipinski definition) is 0. The predicted octanol–water partition coefficient (Wildman–Crippen LogP) is 3.68. The Labute approximate surface area is 94.6 Å². The van der Waals surface area contributed by atoms with E-state index in [1.807, 2.05) is 0 Å². The van der Waals surface area contributed by atoms with Gasteiger partial charge in [-0.25, -0.2) is 9.97 Å². The van der Waals surface area contributed by atoms with Crippen LogP contribution in [-0.4, -0.2) is 9.97 Å². The van der Waals surface area contributed by atoms with E-state index in [2.05, 4.69) is 9.97 Å². The smallest absolute Gasteiger partial charge is 0.155 e. The van der Waals surface area contributed by atoms with E-state index >= 15 is 0 Å². The number of aromatic nitrogens is 2. The fourth-order valence-corrected chi connectivity index (χ4v) is 1.76. The summed E-state index contributed by atoms with van der Waals surface area (Å²) < 4.78 is 5.52. The summed E-state index contributed by atoms with van der Waals surface area (Å²) in [5.74, 6) is 0. The Morgan fingerprint density at radius 2 is 1.27 bits per heavy atom. The molecular weight excluding hydrogens is 235 g/mol. The number of hydrogen-bond acceptors (Lipinski definition) is 3. The van der Waals surface area contributed by atoms with Crippen molar-refractivity contribution in [3.8, 4) is 0 Å². The van der Waals surface area contributed by atoms with E-state index in [1.54, 1.807) is 24.3 Å². The number of fused-ring (bicyclic) bond motifs is 3. The molecule has 0 aliphatic carbocycles. The first-order valence-corrected chi connectivity index (χ1v) is 5.01. The molecule has 0 N–H and O–H groups in total. The molecule has 5 heteroatoms. The predicted molar refractivity (Wildman–Crippen MR) is 59.3 cm³/mol. The second-order valence-corrected chi connectivity index (χ2v) is 3.84. The van der Waals surface area contributed by atoms with Crippen molar-refractivity contribution in [3.63, 3.8) is 0 Å². The van der Waals surface area contributed by atoms with Crippen LogP contribution in [0, 0.1) is 0 Å². The monoisotopic (exact) mass is 238 g/mol. The van der Waals surface area contributed by atoms with Crippen LogP contribution in [0.4, 0.5) is 0 Å². The van der Waals surface area contributed by atoms with E-state index in [-0.39, 0.29) is 0 Å². The lowest BCUT2D eigenvalue weighted by Gasteiger charge is -1.89. The fourth-order valence-electron chi connectivity index (χ4n) is 1.47. The molecule has 0 spiro atoms. The fraction of sp³-hybridized carbons (Fsp3) is 0. The number of rotatable bonds is 0. The van der Waals surface area contributed by atoms with Gasteiger partial charge in [0.25, 0.3) is 0 Å². The molecule has 0 saturated carbocycles. The van der Waals surface area contributed by atoms with Gasteiger partial charge in [0.2, 0.25) is 0 Å². The van der Waals surface area contributed by atoms with Crippen molar-refractivity contribution >= 4 is 45.4 Å². The Kier molecular flexibility index (Phi) is 1.84. The number of halogens is 2. The molecule has 74 valence electrons. The van der Waals surface area contributed by atoms with Crippen LogP contribution in [-0.2, 0) is 0 Å². The Morgan fingerprint density at radius 3 is 1.73 bits per heavy atom. The largest absolute Gasteiger partial charge is 0.453 e. The van der Waals surface area contributed by atoms with Crippen LogP contribution in [0.25, 0.3) is 22.2 Å². The average molecular weight is 239 g/mol. The lowest BCUT2D eigenvalue weighted by atomic mass is 10.3. The van der Waals surface area contributed by atoms with Gasteiger partial charge in [0.1, 0.15) is 21.3 Å². The summed E-state index contributed by atoms with van der Waals surface area (Å²) in [5.41, 5.74) is 2.59. The average Bonchev–Trinajstić information content (AvgIpc) is 2.56. The zero-order chi connectivity index (χ0) is 10.4. The summed E-state index contributed by atoms with van der Waals surface area (Å²) >= 11 is 11.6. The quantitative estimate of drug-likeness (QED) is 0.561. The van der Waals surface area contributed by atoms with E-state index in [0.717, 1.165) is 0 Å². The lowest BCUT2D eigenvalue weighted by molar-refractivity contribution is 0.667. The summed E-state index contributed by atoms with van der Waals surface area (Å²) in [6.45, 7) is 0. The van der Waals surface area contributed by atoms with Gasteiger partial charge in [0.05, 0.1) is 0 Å². The SMILES string of the molecule is Clc1ccc2oc3ccc(Cl)nc3c2n1. The van der Waals surface area contributed by atoms with Gasteiger partial charge in [-0.15, -0.1) is 0 Å². The van der Waals surface area contributed by atoms with Crippen LogP contribution in [0.2, 0.25) is 10.3 Å². The maximum atomic E-state index is 5.80. The molecule has 0 radical (unpaired) electrons. The molecule has 3 aromatic rings. The third-order valence-electron chi connectivity index (χ3n) is 2.09. The van der Waals surface area contributed by atoms with Crippen molar-refractivity contribution < 1.29 is 4.42 Å². The number of furan rings is 1. The van der Waals surface area contributed by atoms with Crippen molar-refractivity contribution in [2.45, 2.75) is 0 Å². The Balaban J connectivity index is 2.55. The first kappa shape index (κ1) is 8.95. The molecule has 3 heterocycles. The topological polar surface area (TPSA) is 38.9 Å². The maximum Gasteiger partial charge on any atom is 0.155 e. The van der Waals surface area contributed by atoms with Crippen LogP contribution in [0.3, 0.4) is 0 Å². The van der Waals surface area contributed by atoms with Crippen LogP contribution in [0.1, 0.15) is 0 Å². The molecule has 3 aromatic heterocycles. The van der Waals surface area contributed by atoms with Crippen LogP contribution in [0.15, 0.2) is 28.7 Å². The van der Waals surface area contributed by atoms with Gasteiger partial charge in [0.15, 0.2) is 11.2 Å². The zero-order valence-corrected chi connectivity index (χ0v) is 8.88. The third kappa shape index (κ3) is 1.35. The molecule has 0 fully saturated rings. The molecule has 0 aromatic carbocycles. The van der Waals surface area contributed by atoms with Crippen LogP contribution >= 0.6 is 23.2 Å². The van der Waals surface area contributed by atoms with E-state index in [4.69, 9.17) is 27.6 Å². The minimum Gasteiger partial charge on any atom is -0.453 e. The molecule has 0 aliphatic rings. The van der Waals surface area contributed by atoms with Gasteiger partial charge in [0, 0.05) is 0 Å². The highest BCUT2D eigenvalue weighted by molar-refractivity contribution is 6.30. The summed E-state index contributed by atoms with van der Waals surface area (Å²) in [7, 11) is 0. The van der Waals surface area contributed by atoms with E-state index < -0.39 is 0 Å². The summed E-state index contributed by atoms with van der Waals surface area (Å²) in [5, 5.41) is 0.818. The van der Waals surface area contributed by atoms with E-state index in [9.17, 15) is 0 Å². The molecule has 15 heavy (non-hydrogen) atoms. The lowest BCUT2D eigenvalue weighted by Crippen LogP contribution is -1.78. The van der Waals surface area contributed by atoms with Crippen LogP contribution < -0.4 is 0 Å². The zero-order valence-electron chi connectivity index (χ0n) is 7.37. The summed E-state index contributed by atoms with van der Waals surface area (Å²) in [6.07, 6.45) is 0. The van der Waals surface area contributed by atoms with Gasteiger partial charge >= 0.3 is 0 Å². The Bertz CT molecular complexity index is 607. The van der Waals surface area contributed by atoms with Crippen molar-refractivity contribution in [1.29, 1.82) is 0 Å². The third-order valence-corrected chi connectivity index (χ3v) is 2.51. The van der Waals surface area contributed by atoms with Crippen molar-refractivity contribution in [1.82, 2.24) is 9.97 Å². The molecular formula is C10H4Cl2N2O. The molecule has 0 bridgehead atoms. The Hall–Kier alpha value is -1.32. The van der Waals surface area contributed by atoms with E-state index in [1.165, 1.54) is 0 Å². The first-order valence-electron chi connectivity index (χ1n) is 4.25. The summed E-state index contributed by atoms with van der Waals surface area (Å²) in [6, 6.07) is 6.88. The second-order valence-electron chi connectivity index (χ2n) is 3.06. The maximum absolute atomic E-state index is 5.80. The summed E-state index contributed by atoms with van der Waals surface area (Å²) in [4.78, 5) is 8.31. The van der Waals surface area contributed by atoms with Gasteiger partial charge in [-0.3, -0.25) is 0 Å². The van der Waals surface area contributed by atoms with Crippen LogP contribution in [0.5, 0.6) is 0 Å². The van der Waals surface area contributed by atoms with Crippen molar-refractivity contribution in [2.24, 2.45) is 0 Å². The van der Waals surface area contributed by atoms with Gasteiger partial charge in [-0.1, -0.05) is 23.2 Å². The molecule has 0 atom stereocenters. The highest BCUT2D eigenvalue weighted by atomic mass is 35.5. The van der Waals surface area contributed by atoms with Gasteiger partial charge in [-0.05, 0) is 24.3 Å². The van der Waals surface area contributed by atoms with E-state index in [0.29, 0.717) is 32.5 Å². The molecule has 0 saturated heterocycles. The first-order chi connectivity index (χ1) is 7.24. The number of nitrogens with zero attached hydrogens (tertiary/aromatic N) is 2. The van der Waals surface area contributed by atoms with Crippen molar-refractivity contribution in [2.75, 3.05) is 0 Å². The molecule has 3 nitrogen and oxygen atoms in total. The standard InChI is InChI=1S/C10H4Cl2N2O/c11-7-3-1-5-9(13-7)10-6(15-5)2-4-8(12)14-10/h1-4H. The minimum absolute atomic E-state index is 0.409. The molecule has 0 unspecified atom stereocenters. The second kappa shape index (κ2) is 3.08. The molecule has 3 rings (SSSR count). The van der Waals surface area contributed by atoms with Crippen molar-refractivity contribution in [3.05, 3.63) is 34.6 Å². The Morgan fingerprint density at radius 1 is 0.800 bits per heavy atom. The molecule has 0 amide bonds. The normalized spacial score (nSPS) is 11.3. The number of pyridine rings is 2. The highest BCUT2D eigenvalue weighted by Crippen LogP contribution is 2.27. The van der Waals surface area contributed by atoms with Gasteiger partial charge < -0.3 is 4.42 Å². The van der Waals surface area contributed by atoms with Gasteiger partial charge in [-0.2, -0.15) is 0 Å². The molecule has 0 aliphatic heterocycles. The highest BCUT2D eigenvalue weighted by Gasteiger charge is 2.10. The minimum atomic E-state index is 0.409.